The molecule has 0 unspecified atom stereocenters. The van der Waals surface area contributed by atoms with Crippen LogP contribution in [-0.4, -0.2) is 41.2 Å². The molecule has 2 aromatic rings. The van der Waals surface area contributed by atoms with Crippen LogP contribution in [0.3, 0.4) is 0 Å². The van der Waals surface area contributed by atoms with Gasteiger partial charge in [-0.1, -0.05) is 34.8 Å². The number of anilines is 1. The fourth-order valence-electron chi connectivity index (χ4n) is 3.41. The Balaban J connectivity index is 1.71. The second kappa shape index (κ2) is 10.6. The zero-order valence-electron chi connectivity index (χ0n) is 17.8. The van der Waals surface area contributed by atoms with Gasteiger partial charge in [0.15, 0.2) is 0 Å². The lowest BCUT2D eigenvalue weighted by atomic mass is 10.1. The largest absolute Gasteiger partial charge is 0.462 e. The van der Waals surface area contributed by atoms with Gasteiger partial charge in [0.1, 0.15) is 4.33 Å². The number of amides is 2. The van der Waals surface area contributed by atoms with Gasteiger partial charge in [-0.05, 0) is 48.9 Å². The number of nitrogens with one attached hydrogen (secondary N) is 2. The molecule has 0 heterocycles. The highest BCUT2D eigenvalue weighted by molar-refractivity contribution is 6.53. The first-order chi connectivity index (χ1) is 16.3. The van der Waals surface area contributed by atoms with E-state index in [1.54, 1.807) is 12.1 Å². The minimum absolute atomic E-state index is 0.0677. The van der Waals surface area contributed by atoms with Crippen LogP contribution in [-0.2, 0) is 14.3 Å². The molecule has 6 nitrogen and oxygen atoms in total. The van der Waals surface area contributed by atoms with Crippen molar-refractivity contribution in [2.24, 2.45) is 5.92 Å². The Bertz CT molecular complexity index is 1160. The van der Waals surface area contributed by atoms with Crippen LogP contribution in [0.25, 0.3) is 0 Å². The molecule has 3 rings (SSSR count). The second-order valence-corrected chi connectivity index (χ2v) is 10.3. The summed E-state index contributed by atoms with van der Waals surface area (Å²) in [6, 6.07) is 8.61. The van der Waals surface area contributed by atoms with E-state index < -0.39 is 46.4 Å². The molecule has 1 aliphatic carbocycles. The summed E-state index contributed by atoms with van der Waals surface area (Å²) in [6.45, 7) is -0.169. The third-order valence-corrected chi connectivity index (χ3v) is 6.81. The first-order valence-corrected chi connectivity index (χ1v) is 11.9. The lowest BCUT2D eigenvalue weighted by molar-refractivity contribution is -0.170. The maximum absolute atomic E-state index is 13.8. The quantitative estimate of drug-likeness (QED) is 0.288. The van der Waals surface area contributed by atoms with E-state index in [0.29, 0.717) is 15.6 Å². The summed E-state index contributed by atoms with van der Waals surface area (Å²) in [4.78, 5) is 36.6. The Hall–Kier alpha value is -1.84. The van der Waals surface area contributed by atoms with Crippen molar-refractivity contribution < 1.29 is 27.9 Å². The topological polar surface area (TPSA) is 84.5 Å². The number of carbonyl (C=O) groups is 3. The molecule has 0 spiro atoms. The zero-order chi connectivity index (χ0) is 26.1. The van der Waals surface area contributed by atoms with Gasteiger partial charge in [0.25, 0.3) is 5.91 Å². The molecular weight excluding hydrogens is 572 g/mol. The molecule has 2 amide bonds. The van der Waals surface area contributed by atoms with E-state index in [1.807, 2.05) is 5.32 Å². The summed E-state index contributed by atoms with van der Waals surface area (Å²) in [7, 11) is 0. The van der Waals surface area contributed by atoms with Gasteiger partial charge in [0, 0.05) is 21.7 Å². The molecule has 0 aliphatic heterocycles. The van der Waals surface area contributed by atoms with E-state index in [1.165, 1.54) is 31.2 Å². The number of halogens is 7. The highest BCUT2D eigenvalue weighted by Gasteiger charge is 2.67. The molecule has 0 bridgehead atoms. The monoisotopic (exact) mass is 586 g/mol. The summed E-state index contributed by atoms with van der Waals surface area (Å²) in [6.07, 6.45) is 0. The van der Waals surface area contributed by atoms with Gasteiger partial charge in [-0.15, -0.1) is 23.2 Å². The maximum Gasteiger partial charge on any atom is 0.378 e. The third-order valence-electron chi connectivity index (χ3n) is 5.10. The number of rotatable bonds is 8. The van der Waals surface area contributed by atoms with Crippen molar-refractivity contribution >= 4 is 81.5 Å². The van der Waals surface area contributed by atoms with E-state index >= 15 is 0 Å². The average molecular weight is 589 g/mol. The van der Waals surface area contributed by atoms with Crippen molar-refractivity contribution in [3.05, 3.63) is 62.6 Å². The first-order valence-electron chi connectivity index (χ1n) is 10.1. The van der Waals surface area contributed by atoms with Crippen LogP contribution in [0.2, 0.25) is 15.1 Å². The minimum Gasteiger partial charge on any atom is -0.462 e. The van der Waals surface area contributed by atoms with Crippen LogP contribution < -0.4 is 10.6 Å². The molecule has 2 atom stereocenters. The molecule has 1 saturated carbocycles. The van der Waals surface area contributed by atoms with Gasteiger partial charge in [0.05, 0.1) is 29.7 Å². The number of hydrogen-bond acceptors (Lipinski definition) is 4. The molecule has 0 aromatic heterocycles. The fourth-order valence-corrected chi connectivity index (χ4v) is 4.99. The number of ether oxygens (including phenoxy) is 1. The third kappa shape index (κ3) is 6.30. The van der Waals surface area contributed by atoms with E-state index in [4.69, 9.17) is 58.0 Å². The number of hydrogen-bond donors (Lipinski definition) is 2. The van der Waals surface area contributed by atoms with Crippen LogP contribution in [0.15, 0.2) is 36.4 Å². The summed E-state index contributed by atoms with van der Waals surface area (Å²) < 4.78 is 30.5. The molecule has 35 heavy (non-hydrogen) atoms. The van der Waals surface area contributed by atoms with Gasteiger partial charge < -0.3 is 15.4 Å². The van der Waals surface area contributed by atoms with Crippen LogP contribution in [0.4, 0.5) is 14.5 Å². The normalized spacial score (nSPS) is 18.5. The SMILES string of the molecule is CCOC(=O)C(F)(F)CNC(=O)c1cc(NC(=O)[C@H]2[C@H](c3cc(Cl)cc(Cl)c3)C2(Cl)Cl)ccc1Cl. The van der Waals surface area contributed by atoms with Crippen LogP contribution >= 0.6 is 58.0 Å². The van der Waals surface area contributed by atoms with E-state index in [0.717, 1.165) is 0 Å². The predicted octanol–water partition coefficient (Wildman–Crippen LogP) is 6.10. The first kappa shape index (κ1) is 27.7. The van der Waals surface area contributed by atoms with Crippen molar-refractivity contribution in [2.75, 3.05) is 18.5 Å². The summed E-state index contributed by atoms with van der Waals surface area (Å²) >= 11 is 30.8. The molecule has 1 aliphatic rings. The molecule has 0 radical (unpaired) electrons. The Morgan fingerprint density at radius 2 is 1.69 bits per heavy atom. The zero-order valence-corrected chi connectivity index (χ0v) is 21.6. The summed E-state index contributed by atoms with van der Waals surface area (Å²) in [5.74, 6) is -8.70. The molecular formula is C22H17Cl5F2N2O4. The summed E-state index contributed by atoms with van der Waals surface area (Å²) in [5, 5.41) is 5.15. The van der Waals surface area contributed by atoms with Gasteiger partial charge in [-0.25, -0.2) is 4.79 Å². The van der Waals surface area contributed by atoms with E-state index in [-0.39, 0.29) is 22.9 Å². The minimum atomic E-state index is -3.93. The lowest BCUT2D eigenvalue weighted by Crippen LogP contribution is -2.43. The van der Waals surface area contributed by atoms with Gasteiger partial charge in [-0.2, -0.15) is 8.78 Å². The van der Waals surface area contributed by atoms with Crippen molar-refractivity contribution in [3.8, 4) is 0 Å². The van der Waals surface area contributed by atoms with Crippen molar-refractivity contribution in [1.29, 1.82) is 0 Å². The standard InChI is InChI=1S/C22H17Cl5F2N2O4/c1-2-35-20(34)21(28,29)9-30-18(32)14-8-13(3-4-15(14)25)31-19(33)17-16(22(17,26)27)10-5-11(23)7-12(24)6-10/h3-8,16-17H,2,9H2,1H3,(H,30,32)(H,31,33)/t16-,17+/m0/s1. The number of benzene rings is 2. The average Bonchev–Trinajstić information content (AvgIpc) is 3.35. The smallest absolute Gasteiger partial charge is 0.378 e. The van der Waals surface area contributed by atoms with Gasteiger partial charge >= 0.3 is 11.9 Å². The maximum atomic E-state index is 13.8. The fraction of sp³-hybridized carbons (Fsp3) is 0.318. The van der Waals surface area contributed by atoms with Crippen molar-refractivity contribution in [1.82, 2.24) is 5.32 Å². The Labute approximate surface area is 224 Å². The van der Waals surface area contributed by atoms with E-state index in [2.05, 4.69) is 10.1 Å². The lowest BCUT2D eigenvalue weighted by Gasteiger charge is -2.16. The second-order valence-electron chi connectivity index (χ2n) is 7.62. The molecule has 0 saturated heterocycles. The number of carbonyl (C=O) groups excluding carboxylic acids is 3. The van der Waals surface area contributed by atoms with Crippen LogP contribution in [0.5, 0.6) is 0 Å². The van der Waals surface area contributed by atoms with Crippen LogP contribution in [0.1, 0.15) is 28.8 Å². The Morgan fingerprint density at radius 3 is 2.29 bits per heavy atom. The molecule has 2 N–H and O–H groups in total. The van der Waals surface area contributed by atoms with Crippen molar-refractivity contribution in [3.63, 3.8) is 0 Å². The predicted molar refractivity (Wildman–Crippen MR) is 131 cm³/mol. The van der Waals surface area contributed by atoms with Gasteiger partial charge in [0.2, 0.25) is 5.91 Å². The number of alkyl halides is 4. The highest BCUT2D eigenvalue weighted by Crippen LogP contribution is 2.65. The highest BCUT2D eigenvalue weighted by atomic mass is 35.5. The molecule has 13 heteroatoms. The molecule has 2 aromatic carbocycles. The Morgan fingerprint density at radius 1 is 1.06 bits per heavy atom. The summed E-state index contributed by atoms with van der Waals surface area (Å²) in [5.41, 5.74) is 0.507. The Kier molecular flexibility index (Phi) is 8.44. The molecule has 1 fully saturated rings. The van der Waals surface area contributed by atoms with Gasteiger partial charge in [-0.3, -0.25) is 9.59 Å². The van der Waals surface area contributed by atoms with Crippen LogP contribution in [0, 0.1) is 5.92 Å². The molecule has 188 valence electrons. The van der Waals surface area contributed by atoms with Crippen molar-refractivity contribution in [2.45, 2.75) is 23.1 Å². The van der Waals surface area contributed by atoms with E-state index in [9.17, 15) is 23.2 Å². The number of esters is 1.